The number of hydrogen-bond donors (Lipinski definition) is 0. The van der Waals surface area contributed by atoms with Gasteiger partial charge in [0.15, 0.2) is 0 Å². The van der Waals surface area contributed by atoms with Crippen LogP contribution in [0.2, 0.25) is 0 Å². The zero-order chi connectivity index (χ0) is 18.6. The summed E-state index contributed by atoms with van der Waals surface area (Å²) in [6.45, 7) is 6.33. The second-order valence-electron chi connectivity index (χ2n) is 7.61. The third-order valence-corrected chi connectivity index (χ3v) is 5.31. The van der Waals surface area contributed by atoms with Crippen LogP contribution in [0.15, 0.2) is 84.9 Å². The van der Waals surface area contributed by atoms with Crippen LogP contribution in [0, 0.1) is 0 Å². The van der Waals surface area contributed by atoms with Gasteiger partial charge in [0.05, 0.1) is 6.04 Å². The van der Waals surface area contributed by atoms with Crippen molar-refractivity contribution in [1.29, 1.82) is 0 Å². The quantitative estimate of drug-likeness (QED) is 0.564. The molecule has 0 radical (unpaired) electrons. The fourth-order valence-electron chi connectivity index (χ4n) is 3.88. The first-order chi connectivity index (χ1) is 13.2. The van der Waals surface area contributed by atoms with E-state index in [-0.39, 0.29) is 12.1 Å². The number of rotatable bonds is 6. The van der Waals surface area contributed by atoms with Gasteiger partial charge in [0, 0.05) is 13.1 Å². The average molecular weight is 357 g/mol. The minimum Gasteiger partial charge on any atom is -0.487 e. The molecule has 0 spiro atoms. The summed E-state index contributed by atoms with van der Waals surface area (Å²) in [5.41, 5.74) is 3.97. The SMILES string of the molecule is CC(C)c1ccccc1OC1CN(C(c2ccccc2)c2ccccc2)C1. The van der Waals surface area contributed by atoms with E-state index in [1.165, 1.54) is 16.7 Å². The molecular weight excluding hydrogens is 330 g/mol. The van der Waals surface area contributed by atoms with E-state index < -0.39 is 0 Å². The summed E-state index contributed by atoms with van der Waals surface area (Å²) in [6, 6.07) is 30.3. The van der Waals surface area contributed by atoms with Crippen molar-refractivity contribution in [3.05, 3.63) is 102 Å². The zero-order valence-corrected chi connectivity index (χ0v) is 16.1. The highest BCUT2D eigenvalue weighted by Crippen LogP contribution is 2.34. The van der Waals surface area contributed by atoms with Crippen LogP contribution in [0.1, 0.15) is 42.5 Å². The van der Waals surface area contributed by atoms with Crippen LogP contribution >= 0.6 is 0 Å². The van der Waals surface area contributed by atoms with Crippen LogP contribution in [-0.2, 0) is 0 Å². The predicted octanol–water partition coefficient (Wildman–Crippen LogP) is 5.66. The fourth-order valence-corrected chi connectivity index (χ4v) is 3.88. The first-order valence-corrected chi connectivity index (χ1v) is 9.82. The lowest BCUT2D eigenvalue weighted by atomic mass is 9.93. The van der Waals surface area contributed by atoms with Crippen molar-refractivity contribution < 1.29 is 4.74 Å². The normalized spacial score (nSPS) is 15.1. The molecule has 0 aliphatic carbocycles. The molecule has 0 aromatic heterocycles. The van der Waals surface area contributed by atoms with E-state index in [1.807, 2.05) is 0 Å². The van der Waals surface area contributed by atoms with Crippen LogP contribution in [0.5, 0.6) is 5.75 Å². The molecule has 4 rings (SSSR count). The molecule has 27 heavy (non-hydrogen) atoms. The predicted molar refractivity (Wildman–Crippen MR) is 111 cm³/mol. The molecule has 3 aromatic carbocycles. The smallest absolute Gasteiger partial charge is 0.124 e. The Morgan fingerprint density at radius 3 is 1.81 bits per heavy atom. The molecule has 3 aromatic rings. The van der Waals surface area contributed by atoms with Gasteiger partial charge in [-0.05, 0) is 28.7 Å². The molecule has 0 atom stereocenters. The van der Waals surface area contributed by atoms with Crippen LogP contribution in [0.4, 0.5) is 0 Å². The van der Waals surface area contributed by atoms with Crippen molar-refractivity contribution in [2.75, 3.05) is 13.1 Å². The van der Waals surface area contributed by atoms with Gasteiger partial charge in [0.1, 0.15) is 11.9 Å². The monoisotopic (exact) mass is 357 g/mol. The van der Waals surface area contributed by atoms with E-state index >= 15 is 0 Å². The van der Waals surface area contributed by atoms with Gasteiger partial charge in [-0.15, -0.1) is 0 Å². The highest BCUT2D eigenvalue weighted by Gasteiger charge is 2.35. The highest BCUT2D eigenvalue weighted by atomic mass is 16.5. The molecule has 0 amide bonds. The van der Waals surface area contributed by atoms with Crippen molar-refractivity contribution in [2.24, 2.45) is 0 Å². The summed E-state index contributed by atoms with van der Waals surface area (Å²) in [7, 11) is 0. The van der Waals surface area contributed by atoms with Crippen molar-refractivity contribution >= 4 is 0 Å². The lowest BCUT2D eigenvalue weighted by Gasteiger charge is -2.44. The van der Waals surface area contributed by atoms with Crippen molar-refractivity contribution in [3.63, 3.8) is 0 Å². The van der Waals surface area contributed by atoms with Crippen LogP contribution in [-0.4, -0.2) is 24.1 Å². The van der Waals surface area contributed by atoms with Gasteiger partial charge in [-0.1, -0.05) is 92.7 Å². The Bertz CT molecular complexity index is 814. The highest BCUT2D eigenvalue weighted by molar-refractivity contribution is 5.36. The Hall–Kier alpha value is -2.58. The van der Waals surface area contributed by atoms with E-state index in [9.17, 15) is 0 Å². The van der Waals surface area contributed by atoms with Gasteiger partial charge in [-0.25, -0.2) is 0 Å². The van der Waals surface area contributed by atoms with Gasteiger partial charge in [0.2, 0.25) is 0 Å². The van der Waals surface area contributed by atoms with E-state index in [2.05, 4.69) is 104 Å². The number of hydrogen-bond acceptors (Lipinski definition) is 2. The number of para-hydroxylation sites is 1. The molecule has 0 unspecified atom stereocenters. The summed E-state index contributed by atoms with van der Waals surface area (Å²) in [6.07, 6.45) is 0.250. The van der Waals surface area contributed by atoms with Crippen LogP contribution in [0.3, 0.4) is 0 Å². The number of benzene rings is 3. The number of ether oxygens (including phenoxy) is 1. The third kappa shape index (κ3) is 3.91. The molecule has 1 aliphatic rings. The maximum Gasteiger partial charge on any atom is 0.124 e. The Labute approximate surface area is 162 Å². The number of likely N-dealkylation sites (tertiary alicyclic amines) is 1. The molecule has 0 bridgehead atoms. The molecule has 1 heterocycles. The topological polar surface area (TPSA) is 12.5 Å². The standard InChI is InChI=1S/C25H27NO/c1-19(2)23-15-9-10-16-24(23)27-22-17-26(18-22)25(20-11-5-3-6-12-20)21-13-7-4-8-14-21/h3-16,19,22,25H,17-18H2,1-2H3. The summed E-state index contributed by atoms with van der Waals surface area (Å²) in [5, 5.41) is 0. The zero-order valence-electron chi connectivity index (χ0n) is 16.1. The van der Waals surface area contributed by atoms with E-state index in [1.54, 1.807) is 0 Å². The maximum absolute atomic E-state index is 6.35. The molecular formula is C25H27NO. The van der Waals surface area contributed by atoms with Gasteiger partial charge in [-0.3, -0.25) is 4.90 Å². The Kier molecular flexibility index (Phi) is 5.26. The average Bonchev–Trinajstić information content (AvgIpc) is 2.68. The lowest BCUT2D eigenvalue weighted by Crippen LogP contribution is -2.55. The summed E-state index contributed by atoms with van der Waals surface area (Å²) < 4.78 is 6.35. The summed E-state index contributed by atoms with van der Waals surface area (Å²) in [4.78, 5) is 2.51. The molecule has 2 heteroatoms. The molecule has 1 aliphatic heterocycles. The summed E-state index contributed by atoms with van der Waals surface area (Å²) >= 11 is 0. The number of nitrogens with zero attached hydrogens (tertiary/aromatic N) is 1. The fraction of sp³-hybridized carbons (Fsp3) is 0.280. The van der Waals surface area contributed by atoms with Gasteiger partial charge >= 0.3 is 0 Å². The van der Waals surface area contributed by atoms with Gasteiger partial charge in [0.25, 0.3) is 0 Å². The van der Waals surface area contributed by atoms with Crippen molar-refractivity contribution in [2.45, 2.75) is 31.9 Å². The van der Waals surface area contributed by atoms with E-state index in [0.29, 0.717) is 5.92 Å². The lowest BCUT2D eigenvalue weighted by molar-refractivity contribution is -0.000309. The largest absolute Gasteiger partial charge is 0.487 e. The summed E-state index contributed by atoms with van der Waals surface area (Å²) in [5.74, 6) is 1.51. The minimum atomic E-state index is 0.250. The first-order valence-electron chi connectivity index (χ1n) is 9.82. The second kappa shape index (κ2) is 7.98. The maximum atomic E-state index is 6.35. The van der Waals surface area contributed by atoms with E-state index in [4.69, 9.17) is 4.74 Å². The Morgan fingerprint density at radius 2 is 1.26 bits per heavy atom. The minimum absolute atomic E-state index is 0.250. The first kappa shape index (κ1) is 17.8. The van der Waals surface area contributed by atoms with Crippen LogP contribution in [0.25, 0.3) is 0 Å². The molecule has 1 fully saturated rings. The Balaban J connectivity index is 1.50. The van der Waals surface area contributed by atoms with Crippen LogP contribution < -0.4 is 4.74 Å². The van der Waals surface area contributed by atoms with E-state index in [0.717, 1.165) is 18.8 Å². The third-order valence-electron chi connectivity index (χ3n) is 5.31. The van der Waals surface area contributed by atoms with Gasteiger partial charge in [-0.2, -0.15) is 0 Å². The molecule has 0 N–H and O–H groups in total. The van der Waals surface area contributed by atoms with Crippen molar-refractivity contribution in [1.82, 2.24) is 4.90 Å². The molecule has 1 saturated heterocycles. The molecule has 138 valence electrons. The van der Waals surface area contributed by atoms with Gasteiger partial charge < -0.3 is 4.74 Å². The second-order valence-corrected chi connectivity index (χ2v) is 7.61. The molecule has 0 saturated carbocycles. The Morgan fingerprint density at radius 1 is 0.741 bits per heavy atom. The molecule has 2 nitrogen and oxygen atoms in total. The van der Waals surface area contributed by atoms with Crippen molar-refractivity contribution in [3.8, 4) is 5.75 Å².